The summed E-state index contributed by atoms with van der Waals surface area (Å²) in [6.45, 7) is 1.39. The van der Waals surface area contributed by atoms with Gasteiger partial charge in [-0.25, -0.2) is 0 Å². The zero-order valence-electron chi connectivity index (χ0n) is 9.41. The summed E-state index contributed by atoms with van der Waals surface area (Å²) in [5.41, 5.74) is 1.82. The smallest absolute Gasteiger partial charge is 0.183 e. The van der Waals surface area contributed by atoms with Gasteiger partial charge in [-0.3, -0.25) is 0 Å². The number of hydrogen-bond acceptors (Lipinski definition) is 3. The predicted octanol–water partition coefficient (Wildman–Crippen LogP) is 3.97. The van der Waals surface area contributed by atoms with Gasteiger partial charge in [-0.05, 0) is 55.6 Å². The van der Waals surface area contributed by atoms with E-state index in [-0.39, 0.29) is 0 Å². The van der Waals surface area contributed by atoms with Crippen LogP contribution in [-0.2, 0) is 13.1 Å². The molecule has 2 rings (SSSR count). The first-order chi connectivity index (χ1) is 8.69. The highest BCUT2D eigenvalue weighted by Crippen LogP contribution is 2.26. The Morgan fingerprint density at radius 1 is 1.17 bits per heavy atom. The fraction of sp³-hybridized carbons (Fsp3) is 0.154. The van der Waals surface area contributed by atoms with Gasteiger partial charge in [-0.15, -0.1) is 0 Å². The van der Waals surface area contributed by atoms with E-state index in [0.717, 1.165) is 22.3 Å². The van der Waals surface area contributed by atoms with Crippen molar-refractivity contribution in [2.45, 2.75) is 13.1 Å². The summed E-state index contributed by atoms with van der Waals surface area (Å²) >= 11 is 6.67. The van der Waals surface area contributed by atoms with Gasteiger partial charge in [-0.1, -0.05) is 12.1 Å². The van der Waals surface area contributed by atoms with Crippen LogP contribution in [0.15, 0.2) is 43.9 Å². The molecule has 18 heavy (non-hydrogen) atoms. The second-order valence-electron chi connectivity index (χ2n) is 3.75. The molecule has 0 saturated carbocycles. The Hall–Kier alpha value is -1.09. The lowest BCUT2D eigenvalue weighted by Gasteiger charge is -2.02. The van der Waals surface area contributed by atoms with Gasteiger partial charge in [0, 0.05) is 6.54 Å². The number of nitrogens with one attached hydrogen (secondary N) is 1. The van der Waals surface area contributed by atoms with Crippen molar-refractivity contribution in [3.8, 4) is 6.07 Å². The molecule has 2 aromatic rings. The Bertz CT molecular complexity index is 550. The number of hydrogen-bond donors (Lipinski definition) is 1. The van der Waals surface area contributed by atoms with Crippen LogP contribution in [0.4, 0.5) is 0 Å². The molecule has 1 aromatic heterocycles. The molecule has 0 amide bonds. The number of furan rings is 1. The number of nitriles is 1. The van der Waals surface area contributed by atoms with Gasteiger partial charge < -0.3 is 9.73 Å². The van der Waals surface area contributed by atoms with Gasteiger partial charge in [0.05, 0.1) is 22.7 Å². The molecule has 0 radical (unpaired) electrons. The molecular formula is C13H10Br2N2O. The second kappa shape index (κ2) is 6.19. The standard InChI is InChI=1S/C13H10Br2N2O/c14-12-5-11(18-13(12)15)8-17-7-10-3-1-9(6-16)2-4-10/h1-5,17H,7-8H2. The van der Waals surface area contributed by atoms with E-state index < -0.39 is 0 Å². The highest BCUT2D eigenvalue weighted by molar-refractivity contribution is 9.13. The van der Waals surface area contributed by atoms with E-state index in [0.29, 0.717) is 16.8 Å². The highest BCUT2D eigenvalue weighted by Gasteiger charge is 2.05. The molecule has 1 heterocycles. The number of halogens is 2. The molecule has 0 fully saturated rings. The molecule has 1 aromatic carbocycles. The van der Waals surface area contributed by atoms with Crippen LogP contribution in [0.1, 0.15) is 16.9 Å². The van der Waals surface area contributed by atoms with Gasteiger partial charge in [0.15, 0.2) is 4.67 Å². The maximum atomic E-state index is 8.69. The van der Waals surface area contributed by atoms with E-state index in [2.05, 4.69) is 43.2 Å². The Balaban J connectivity index is 1.86. The van der Waals surface area contributed by atoms with E-state index in [9.17, 15) is 0 Å². The molecule has 0 aliphatic carbocycles. The molecule has 0 spiro atoms. The largest absolute Gasteiger partial charge is 0.452 e. The van der Waals surface area contributed by atoms with Crippen molar-refractivity contribution >= 4 is 31.9 Å². The lowest BCUT2D eigenvalue weighted by molar-refractivity contribution is 0.464. The van der Waals surface area contributed by atoms with E-state index in [1.54, 1.807) is 0 Å². The Kier molecular flexibility index (Phi) is 4.59. The van der Waals surface area contributed by atoms with Crippen LogP contribution in [0.25, 0.3) is 0 Å². The summed E-state index contributed by atoms with van der Waals surface area (Å²) in [6, 6.07) is 11.5. The van der Waals surface area contributed by atoms with Crippen LogP contribution >= 0.6 is 31.9 Å². The Labute approximate surface area is 122 Å². The minimum Gasteiger partial charge on any atom is -0.452 e. The van der Waals surface area contributed by atoms with Crippen molar-refractivity contribution in [2.24, 2.45) is 0 Å². The Morgan fingerprint density at radius 2 is 1.89 bits per heavy atom. The molecule has 0 saturated heterocycles. The molecule has 92 valence electrons. The molecule has 0 bridgehead atoms. The van der Waals surface area contributed by atoms with Crippen LogP contribution in [0.5, 0.6) is 0 Å². The first-order valence-electron chi connectivity index (χ1n) is 5.32. The van der Waals surface area contributed by atoms with Crippen LogP contribution in [0.2, 0.25) is 0 Å². The quantitative estimate of drug-likeness (QED) is 0.887. The van der Waals surface area contributed by atoms with Crippen molar-refractivity contribution in [1.82, 2.24) is 5.32 Å². The molecule has 0 atom stereocenters. The summed E-state index contributed by atoms with van der Waals surface area (Å²) in [5.74, 6) is 0.863. The third-order valence-corrected chi connectivity index (χ3v) is 4.12. The molecular weight excluding hydrogens is 360 g/mol. The predicted molar refractivity (Wildman–Crippen MR) is 75.8 cm³/mol. The third kappa shape index (κ3) is 3.45. The van der Waals surface area contributed by atoms with Crippen molar-refractivity contribution in [2.75, 3.05) is 0 Å². The van der Waals surface area contributed by atoms with Gasteiger partial charge in [0.2, 0.25) is 0 Å². The number of benzene rings is 1. The normalized spacial score (nSPS) is 10.3. The van der Waals surface area contributed by atoms with E-state index in [1.165, 1.54) is 0 Å². The lowest BCUT2D eigenvalue weighted by atomic mass is 10.1. The average molecular weight is 370 g/mol. The molecule has 0 unspecified atom stereocenters. The minimum atomic E-state index is 0.657. The van der Waals surface area contributed by atoms with E-state index >= 15 is 0 Å². The van der Waals surface area contributed by atoms with Gasteiger partial charge >= 0.3 is 0 Å². The van der Waals surface area contributed by atoms with Gasteiger partial charge in [0.1, 0.15) is 5.76 Å². The topological polar surface area (TPSA) is 49.0 Å². The third-order valence-electron chi connectivity index (χ3n) is 2.41. The van der Waals surface area contributed by atoms with Crippen molar-refractivity contribution in [3.63, 3.8) is 0 Å². The fourth-order valence-corrected chi connectivity index (χ4v) is 2.16. The first kappa shape index (κ1) is 13.3. The SMILES string of the molecule is N#Cc1ccc(CNCc2cc(Br)c(Br)o2)cc1. The van der Waals surface area contributed by atoms with Gasteiger partial charge in [0.25, 0.3) is 0 Å². The number of rotatable bonds is 4. The maximum Gasteiger partial charge on any atom is 0.183 e. The van der Waals surface area contributed by atoms with Gasteiger partial charge in [-0.2, -0.15) is 5.26 Å². The summed E-state index contributed by atoms with van der Waals surface area (Å²) < 4.78 is 7.07. The monoisotopic (exact) mass is 368 g/mol. The van der Waals surface area contributed by atoms with Crippen LogP contribution in [0, 0.1) is 11.3 Å². The zero-order chi connectivity index (χ0) is 13.0. The second-order valence-corrected chi connectivity index (χ2v) is 5.32. The average Bonchev–Trinajstić information content (AvgIpc) is 2.69. The van der Waals surface area contributed by atoms with Crippen molar-refractivity contribution < 1.29 is 4.42 Å². The summed E-state index contributed by atoms with van der Waals surface area (Å²) in [6.07, 6.45) is 0. The van der Waals surface area contributed by atoms with Crippen molar-refractivity contribution in [1.29, 1.82) is 5.26 Å². The van der Waals surface area contributed by atoms with Crippen molar-refractivity contribution in [3.05, 3.63) is 56.4 Å². The molecule has 3 nitrogen and oxygen atoms in total. The molecule has 5 heteroatoms. The van der Waals surface area contributed by atoms with Crippen LogP contribution < -0.4 is 5.32 Å². The molecule has 1 N–H and O–H groups in total. The van der Waals surface area contributed by atoms with Crippen LogP contribution in [-0.4, -0.2) is 0 Å². The first-order valence-corrected chi connectivity index (χ1v) is 6.91. The highest BCUT2D eigenvalue weighted by atomic mass is 79.9. The number of nitrogens with zero attached hydrogens (tertiary/aromatic N) is 1. The van der Waals surface area contributed by atoms with Crippen LogP contribution in [0.3, 0.4) is 0 Å². The summed E-state index contributed by atoms with van der Waals surface area (Å²) in [4.78, 5) is 0. The maximum absolute atomic E-state index is 8.69. The summed E-state index contributed by atoms with van der Waals surface area (Å²) in [5, 5.41) is 12.0. The lowest BCUT2D eigenvalue weighted by Crippen LogP contribution is -2.11. The Morgan fingerprint density at radius 3 is 2.44 bits per heavy atom. The minimum absolute atomic E-state index is 0.657. The fourth-order valence-electron chi connectivity index (χ4n) is 1.51. The van der Waals surface area contributed by atoms with E-state index in [4.69, 9.17) is 9.68 Å². The molecule has 0 aliphatic rings. The molecule has 0 aliphatic heterocycles. The zero-order valence-corrected chi connectivity index (χ0v) is 12.6. The summed E-state index contributed by atoms with van der Waals surface area (Å²) in [7, 11) is 0. The van der Waals surface area contributed by atoms with E-state index in [1.807, 2.05) is 30.3 Å².